The minimum atomic E-state index is -5.42. The van der Waals surface area contributed by atoms with Crippen molar-refractivity contribution in [2.75, 3.05) is 0 Å². The van der Waals surface area contributed by atoms with Crippen molar-refractivity contribution in [3.05, 3.63) is 11.7 Å². The second-order valence-electron chi connectivity index (χ2n) is 1.68. The molecule has 0 bridgehead atoms. The summed E-state index contributed by atoms with van der Waals surface area (Å²) < 4.78 is 57.3. The number of Topliss-reactive ketones (excluding diaryl/α,β-unsaturated/α-hetero) is 1. The highest BCUT2D eigenvalue weighted by Crippen LogP contribution is 2.29. The Labute approximate surface area is 58.5 Å². The lowest BCUT2D eigenvalue weighted by atomic mass is 10.3. The van der Waals surface area contributed by atoms with Gasteiger partial charge in [0.25, 0.3) is 0 Å². The highest BCUT2D eigenvalue weighted by Gasteiger charge is 2.39. The van der Waals surface area contributed by atoms with Crippen molar-refractivity contribution in [3.63, 3.8) is 0 Å². The van der Waals surface area contributed by atoms with Crippen molar-refractivity contribution in [1.82, 2.24) is 0 Å². The fourth-order valence-electron chi connectivity index (χ4n) is 0.279. The Hall–Kier alpha value is -0.940. The van der Waals surface area contributed by atoms with Crippen LogP contribution < -0.4 is 0 Å². The largest absolute Gasteiger partial charge is 0.446 e. The Morgan fingerprint density at radius 3 is 1.64 bits per heavy atom. The van der Waals surface area contributed by atoms with Gasteiger partial charge in [0.1, 0.15) is 0 Å². The predicted octanol–water partition coefficient (Wildman–Crippen LogP) is 2.29. The SMILES string of the molecule is CC(=O)/C(F)=C(\F)C(F)(F)F. The fraction of sp³-hybridized carbons (Fsp3) is 0.400. The van der Waals surface area contributed by atoms with Crippen LogP contribution >= 0.6 is 0 Å². The van der Waals surface area contributed by atoms with Crippen molar-refractivity contribution >= 4 is 5.78 Å². The molecule has 0 unspecified atom stereocenters. The van der Waals surface area contributed by atoms with Crippen LogP contribution in [-0.2, 0) is 4.79 Å². The smallest absolute Gasteiger partial charge is 0.292 e. The van der Waals surface area contributed by atoms with Gasteiger partial charge in [-0.05, 0) is 0 Å². The van der Waals surface area contributed by atoms with Gasteiger partial charge in [0, 0.05) is 6.92 Å². The van der Waals surface area contributed by atoms with E-state index in [1.807, 2.05) is 0 Å². The summed E-state index contributed by atoms with van der Waals surface area (Å²) in [5.41, 5.74) is 0. The van der Waals surface area contributed by atoms with E-state index in [1.165, 1.54) is 0 Å². The number of carbonyl (C=O) groups is 1. The first-order chi connectivity index (χ1) is 4.76. The third-order valence-electron chi connectivity index (χ3n) is 0.751. The van der Waals surface area contributed by atoms with Gasteiger partial charge in [-0.25, -0.2) is 0 Å². The first-order valence-electron chi connectivity index (χ1n) is 2.40. The summed E-state index contributed by atoms with van der Waals surface area (Å²) in [5, 5.41) is 0. The van der Waals surface area contributed by atoms with Gasteiger partial charge in [0.05, 0.1) is 0 Å². The Morgan fingerprint density at radius 1 is 1.18 bits per heavy atom. The van der Waals surface area contributed by atoms with Gasteiger partial charge in [-0.15, -0.1) is 0 Å². The standard InChI is InChI=1S/C5H3F5O/c1-2(11)3(6)4(7)5(8,9)10/h1H3/b4-3+. The Morgan fingerprint density at radius 2 is 1.55 bits per heavy atom. The predicted molar refractivity (Wildman–Crippen MR) is 26.0 cm³/mol. The third-order valence-corrected chi connectivity index (χ3v) is 0.751. The Kier molecular flexibility index (Phi) is 2.72. The van der Waals surface area contributed by atoms with Crippen molar-refractivity contribution in [2.45, 2.75) is 13.1 Å². The maximum Gasteiger partial charge on any atom is 0.446 e. The van der Waals surface area contributed by atoms with E-state index < -0.39 is 23.6 Å². The third kappa shape index (κ3) is 2.65. The number of rotatable bonds is 1. The van der Waals surface area contributed by atoms with E-state index in [4.69, 9.17) is 0 Å². The van der Waals surface area contributed by atoms with Gasteiger partial charge in [-0.1, -0.05) is 0 Å². The van der Waals surface area contributed by atoms with Gasteiger partial charge >= 0.3 is 6.18 Å². The molecular formula is C5H3F5O. The monoisotopic (exact) mass is 174 g/mol. The molecule has 0 aliphatic rings. The average Bonchev–Trinajstić information content (AvgIpc) is 1.82. The molecule has 11 heavy (non-hydrogen) atoms. The van der Waals surface area contributed by atoms with E-state index in [-0.39, 0.29) is 0 Å². The number of hydrogen-bond donors (Lipinski definition) is 0. The van der Waals surface area contributed by atoms with E-state index in [0.29, 0.717) is 6.92 Å². The van der Waals surface area contributed by atoms with Crippen molar-refractivity contribution in [2.24, 2.45) is 0 Å². The first kappa shape index (κ1) is 10.1. The molecule has 0 rings (SSSR count). The Balaban J connectivity index is 4.82. The number of allylic oxidation sites excluding steroid dienone is 2. The second-order valence-corrected chi connectivity index (χ2v) is 1.68. The molecule has 1 nitrogen and oxygen atoms in total. The molecule has 6 heteroatoms. The van der Waals surface area contributed by atoms with Crippen molar-refractivity contribution in [3.8, 4) is 0 Å². The molecule has 0 heterocycles. The van der Waals surface area contributed by atoms with Crippen molar-refractivity contribution < 1.29 is 26.7 Å². The van der Waals surface area contributed by atoms with Crippen LogP contribution in [-0.4, -0.2) is 12.0 Å². The van der Waals surface area contributed by atoms with Gasteiger partial charge < -0.3 is 0 Å². The minimum Gasteiger partial charge on any atom is -0.292 e. The number of halogens is 5. The molecule has 0 aromatic rings. The molecule has 0 aromatic carbocycles. The molecule has 0 N–H and O–H groups in total. The van der Waals surface area contributed by atoms with E-state index in [0.717, 1.165) is 0 Å². The lowest BCUT2D eigenvalue weighted by Gasteiger charge is -2.01. The van der Waals surface area contributed by atoms with Crippen LogP contribution in [0, 0.1) is 0 Å². The molecule has 0 fully saturated rings. The normalized spacial score (nSPS) is 14.4. The molecule has 0 radical (unpaired) electrons. The number of hydrogen-bond acceptors (Lipinski definition) is 1. The first-order valence-corrected chi connectivity index (χ1v) is 2.40. The molecular weight excluding hydrogens is 171 g/mol. The fourth-order valence-corrected chi connectivity index (χ4v) is 0.279. The zero-order chi connectivity index (χ0) is 9.23. The van der Waals surface area contributed by atoms with Crippen LogP contribution in [0.1, 0.15) is 6.92 Å². The second kappa shape index (κ2) is 2.98. The van der Waals surface area contributed by atoms with Gasteiger partial charge in [0.15, 0.2) is 5.78 Å². The van der Waals surface area contributed by atoms with E-state index in [2.05, 4.69) is 0 Å². The molecule has 0 amide bonds. The zero-order valence-corrected chi connectivity index (χ0v) is 5.30. The number of alkyl halides is 3. The summed E-state index contributed by atoms with van der Waals surface area (Å²) in [4.78, 5) is 9.86. The summed E-state index contributed by atoms with van der Waals surface area (Å²) in [7, 11) is 0. The molecule has 0 spiro atoms. The number of carbonyl (C=O) groups excluding carboxylic acids is 1. The van der Waals surface area contributed by atoms with Crippen LogP contribution in [0.5, 0.6) is 0 Å². The van der Waals surface area contributed by atoms with Crippen molar-refractivity contribution in [1.29, 1.82) is 0 Å². The highest BCUT2D eigenvalue weighted by molar-refractivity contribution is 5.91. The topological polar surface area (TPSA) is 17.1 Å². The zero-order valence-electron chi connectivity index (χ0n) is 5.30. The summed E-state index contributed by atoms with van der Waals surface area (Å²) in [6, 6.07) is 0. The van der Waals surface area contributed by atoms with E-state index >= 15 is 0 Å². The molecule has 0 saturated heterocycles. The molecule has 0 aromatic heterocycles. The maximum absolute atomic E-state index is 11.9. The van der Waals surface area contributed by atoms with Crippen LogP contribution in [0.15, 0.2) is 11.7 Å². The van der Waals surface area contributed by atoms with Crippen LogP contribution in [0.2, 0.25) is 0 Å². The minimum absolute atomic E-state index is 0.501. The summed E-state index contributed by atoms with van der Waals surface area (Å²) >= 11 is 0. The lowest BCUT2D eigenvalue weighted by Crippen LogP contribution is -2.11. The average molecular weight is 174 g/mol. The quantitative estimate of drug-likeness (QED) is 0.440. The number of ketones is 1. The molecule has 0 atom stereocenters. The van der Waals surface area contributed by atoms with Crippen LogP contribution in [0.4, 0.5) is 22.0 Å². The summed E-state index contributed by atoms with van der Waals surface area (Å²) in [6.45, 7) is 0.501. The lowest BCUT2D eigenvalue weighted by molar-refractivity contribution is -0.122. The summed E-state index contributed by atoms with van der Waals surface area (Å²) in [5.74, 6) is -6.96. The maximum atomic E-state index is 11.9. The molecule has 64 valence electrons. The molecule has 0 aliphatic carbocycles. The molecule has 0 saturated carbocycles. The Bertz CT molecular complexity index is 201. The van der Waals surface area contributed by atoms with Crippen LogP contribution in [0.3, 0.4) is 0 Å². The van der Waals surface area contributed by atoms with E-state index in [1.54, 1.807) is 0 Å². The van der Waals surface area contributed by atoms with Crippen LogP contribution in [0.25, 0.3) is 0 Å². The molecule has 0 aliphatic heterocycles. The van der Waals surface area contributed by atoms with Gasteiger partial charge in [0.2, 0.25) is 11.7 Å². The van der Waals surface area contributed by atoms with Gasteiger partial charge in [-0.3, -0.25) is 4.79 Å². The van der Waals surface area contributed by atoms with E-state index in [9.17, 15) is 26.7 Å². The summed E-state index contributed by atoms with van der Waals surface area (Å²) in [6.07, 6.45) is -5.42. The highest BCUT2D eigenvalue weighted by atomic mass is 19.4. The van der Waals surface area contributed by atoms with Gasteiger partial charge in [-0.2, -0.15) is 22.0 Å².